The van der Waals surface area contributed by atoms with Gasteiger partial charge < -0.3 is 9.73 Å². The van der Waals surface area contributed by atoms with Crippen LogP contribution in [0.3, 0.4) is 0 Å². The smallest absolute Gasteiger partial charge is 0.156 e. The molecule has 0 bridgehead atoms. The second-order valence-corrected chi connectivity index (χ2v) is 6.70. The van der Waals surface area contributed by atoms with Crippen LogP contribution in [0.15, 0.2) is 52.9 Å². The molecule has 2 aromatic heterocycles. The van der Waals surface area contributed by atoms with Crippen LogP contribution >= 0.6 is 0 Å². The van der Waals surface area contributed by atoms with Gasteiger partial charge in [-0.1, -0.05) is 35.9 Å². The van der Waals surface area contributed by atoms with Gasteiger partial charge in [-0.3, -0.25) is 0 Å². The Balaban J connectivity index is 1.71. The number of fused-ring (bicyclic) bond motifs is 2. The lowest BCUT2D eigenvalue weighted by molar-refractivity contribution is 0.626. The van der Waals surface area contributed by atoms with Gasteiger partial charge in [-0.25, -0.2) is 4.68 Å². The molecule has 0 unspecified atom stereocenters. The Morgan fingerprint density at radius 1 is 1.08 bits per heavy atom. The summed E-state index contributed by atoms with van der Waals surface area (Å²) in [5.74, 6) is 1.92. The topological polar surface area (TPSA) is 43.0 Å². The number of para-hydroxylation sites is 1. The molecule has 0 fully saturated rings. The van der Waals surface area contributed by atoms with E-state index in [-0.39, 0.29) is 0 Å². The van der Waals surface area contributed by atoms with Crippen molar-refractivity contribution in [2.24, 2.45) is 0 Å². The van der Waals surface area contributed by atoms with Gasteiger partial charge in [0.05, 0.1) is 5.69 Å². The Morgan fingerprint density at radius 3 is 2.80 bits per heavy atom. The first-order chi connectivity index (χ1) is 12.2. The first-order valence-corrected chi connectivity index (χ1v) is 8.63. The third kappa shape index (κ3) is 2.18. The zero-order valence-electron chi connectivity index (χ0n) is 14.3. The highest BCUT2D eigenvalue weighted by atomic mass is 16.3. The molecule has 124 valence electrons. The van der Waals surface area contributed by atoms with Crippen molar-refractivity contribution in [2.75, 3.05) is 11.9 Å². The van der Waals surface area contributed by atoms with Gasteiger partial charge in [0.15, 0.2) is 5.76 Å². The van der Waals surface area contributed by atoms with Crippen LogP contribution in [0.5, 0.6) is 0 Å². The van der Waals surface area contributed by atoms with E-state index in [1.54, 1.807) is 0 Å². The maximum Gasteiger partial charge on any atom is 0.156 e. The summed E-state index contributed by atoms with van der Waals surface area (Å²) in [5, 5.41) is 9.52. The fraction of sp³-hybridized carbons (Fsp3) is 0.190. The standard InChI is InChI=1S/C21H19N3O/c1-13-7-8-17(14(2)11-13)24-21-16(9-10-22-21)20(23-24)19-12-15-5-3-4-6-18(15)25-19/h3-8,11-12,22H,9-10H2,1-2H3. The average Bonchev–Trinajstić information content (AvgIpc) is 3.29. The molecule has 4 aromatic rings. The van der Waals surface area contributed by atoms with E-state index in [1.165, 1.54) is 16.7 Å². The number of rotatable bonds is 2. The molecule has 2 aromatic carbocycles. The number of anilines is 1. The van der Waals surface area contributed by atoms with E-state index >= 15 is 0 Å². The van der Waals surface area contributed by atoms with Crippen LogP contribution in [-0.4, -0.2) is 16.3 Å². The minimum absolute atomic E-state index is 0.838. The molecule has 4 nitrogen and oxygen atoms in total. The molecule has 0 spiro atoms. The SMILES string of the molecule is Cc1ccc(-n2nc(-c3cc4ccccc4o3)c3c2NCC3)c(C)c1. The first kappa shape index (κ1) is 14.3. The quantitative estimate of drug-likeness (QED) is 0.570. The Bertz CT molecular complexity index is 1070. The largest absolute Gasteiger partial charge is 0.454 e. The number of nitrogens with one attached hydrogen (secondary N) is 1. The summed E-state index contributed by atoms with van der Waals surface area (Å²) in [7, 11) is 0. The predicted molar refractivity (Wildman–Crippen MR) is 100 cm³/mol. The fourth-order valence-corrected chi connectivity index (χ4v) is 3.69. The Kier molecular flexibility index (Phi) is 3.01. The number of benzene rings is 2. The lowest BCUT2D eigenvalue weighted by Gasteiger charge is -2.10. The fourth-order valence-electron chi connectivity index (χ4n) is 3.69. The van der Waals surface area contributed by atoms with E-state index in [1.807, 2.05) is 22.9 Å². The molecule has 25 heavy (non-hydrogen) atoms. The molecular formula is C21H19N3O. The molecule has 0 aliphatic carbocycles. The Hall–Kier alpha value is -3.01. The van der Waals surface area contributed by atoms with Gasteiger partial charge in [0.25, 0.3) is 0 Å². The minimum Gasteiger partial charge on any atom is -0.454 e. The molecule has 4 heteroatoms. The monoisotopic (exact) mass is 329 g/mol. The van der Waals surface area contributed by atoms with Crippen LogP contribution in [0.4, 0.5) is 5.82 Å². The number of hydrogen-bond donors (Lipinski definition) is 1. The first-order valence-electron chi connectivity index (χ1n) is 8.63. The van der Waals surface area contributed by atoms with Crippen molar-refractivity contribution in [1.29, 1.82) is 0 Å². The van der Waals surface area contributed by atoms with Crippen LogP contribution in [0, 0.1) is 13.8 Å². The normalized spacial score (nSPS) is 13.2. The minimum atomic E-state index is 0.838. The zero-order valence-corrected chi connectivity index (χ0v) is 14.3. The van der Waals surface area contributed by atoms with Crippen LogP contribution in [0.2, 0.25) is 0 Å². The zero-order chi connectivity index (χ0) is 17.0. The Labute approximate surface area is 146 Å². The summed E-state index contributed by atoms with van der Waals surface area (Å²) in [5.41, 5.74) is 6.66. The summed E-state index contributed by atoms with van der Waals surface area (Å²) in [6, 6.07) is 16.6. The molecular weight excluding hydrogens is 310 g/mol. The van der Waals surface area contributed by atoms with Crippen LogP contribution < -0.4 is 5.32 Å². The molecule has 0 saturated carbocycles. The van der Waals surface area contributed by atoms with Crippen molar-refractivity contribution in [3.8, 4) is 17.1 Å². The van der Waals surface area contributed by atoms with Gasteiger partial charge in [-0.05, 0) is 44.0 Å². The van der Waals surface area contributed by atoms with Gasteiger partial charge in [0, 0.05) is 17.5 Å². The van der Waals surface area contributed by atoms with E-state index in [0.29, 0.717) is 0 Å². The summed E-state index contributed by atoms with van der Waals surface area (Å²) >= 11 is 0. The van der Waals surface area contributed by atoms with Crippen LogP contribution in [0.1, 0.15) is 16.7 Å². The number of aryl methyl sites for hydroxylation is 2. The summed E-state index contributed by atoms with van der Waals surface area (Å²) in [4.78, 5) is 0. The number of furan rings is 1. The van der Waals surface area contributed by atoms with Gasteiger partial charge in [0.1, 0.15) is 17.1 Å². The van der Waals surface area contributed by atoms with Gasteiger partial charge >= 0.3 is 0 Å². The highest BCUT2D eigenvalue weighted by Gasteiger charge is 2.26. The average molecular weight is 329 g/mol. The van der Waals surface area contributed by atoms with Gasteiger partial charge in [-0.2, -0.15) is 5.10 Å². The van der Waals surface area contributed by atoms with Crippen molar-refractivity contribution in [3.63, 3.8) is 0 Å². The molecule has 1 aliphatic heterocycles. The second kappa shape index (κ2) is 5.24. The molecule has 3 heterocycles. The van der Waals surface area contributed by atoms with Crippen molar-refractivity contribution in [2.45, 2.75) is 20.3 Å². The van der Waals surface area contributed by atoms with Crippen LogP contribution in [-0.2, 0) is 6.42 Å². The third-order valence-electron chi connectivity index (χ3n) is 4.89. The van der Waals surface area contributed by atoms with Gasteiger partial charge in [0.2, 0.25) is 0 Å². The van der Waals surface area contributed by atoms with E-state index in [9.17, 15) is 0 Å². The maximum absolute atomic E-state index is 6.07. The molecule has 0 atom stereocenters. The molecule has 0 radical (unpaired) electrons. The van der Waals surface area contributed by atoms with Crippen molar-refractivity contribution in [3.05, 3.63) is 65.2 Å². The second-order valence-electron chi connectivity index (χ2n) is 6.70. The molecule has 0 amide bonds. The van der Waals surface area contributed by atoms with Crippen LogP contribution in [0.25, 0.3) is 28.1 Å². The van der Waals surface area contributed by atoms with Gasteiger partial charge in [-0.15, -0.1) is 0 Å². The van der Waals surface area contributed by atoms with Crippen molar-refractivity contribution >= 4 is 16.8 Å². The number of aromatic nitrogens is 2. The molecule has 5 rings (SSSR count). The maximum atomic E-state index is 6.07. The summed E-state index contributed by atoms with van der Waals surface area (Å²) < 4.78 is 8.10. The van der Waals surface area contributed by atoms with E-state index in [4.69, 9.17) is 9.52 Å². The van der Waals surface area contributed by atoms with E-state index in [0.717, 1.165) is 46.9 Å². The summed E-state index contributed by atoms with van der Waals surface area (Å²) in [6.45, 7) is 5.18. The van der Waals surface area contributed by atoms with E-state index < -0.39 is 0 Å². The number of hydrogen-bond acceptors (Lipinski definition) is 3. The Morgan fingerprint density at radius 2 is 1.96 bits per heavy atom. The summed E-state index contributed by atoms with van der Waals surface area (Å²) in [6.07, 6.45) is 0.965. The van der Waals surface area contributed by atoms with E-state index in [2.05, 4.69) is 49.5 Å². The lowest BCUT2D eigenvalue weighted by atomic mass is 10.1. The third-order valence-corrected chi connectivity index (χ3v) is 4.89. The highest BCUT2D eigenvalue weighted by molar-refractivity contribution is 5.83. The van der Waals surface area contributed by atoms with Crippen molar-refractivity contribution in [1.82, 2.24) is 9.78 Å². The number of nitrogens with zero attached hydrogens (tertiary/aromatic N) is 2. The molecule has 1 N–H and O–H groups in total. The molecule has 0 saturated heterocycles. The molecule has 1 aliphatic rings. The highest BCUT2D eigenvalue weighted by Crippen LogP contribution is 2.37. The van der Waals surface area contributed by atoms with Crippen molar-refractivity contribution < 1.29 is 4.42 Å². The predicted octanol–water partition coefficient (Wildman–Crippen LogP) is 4.87. The lowest BCUT2D eigenvalue weighted by Crippen LogP contribution is -2.05.